The summed E-state index contributed by atoms with van der Waals surface area (Å²) in [6.07, 6.45) is 4.64. The fourth-order valence-electron chi connectivity index (χ4n) is 6.01. The number of methoxy groups -OCH3 is 2. The molecule has 0 amide bonds. The maximum Gasteiger partial charge on any atom is 0.419 e. The molecule has 1 aromatic heterocycles. The maximum absolute atomic E-state index is 13.1. The molecular formula is C33H38N2O5. The predicted octanol–water partition coefficient (Wildman–Crippen LogP) is 7.41. The van der Waals surface area contributed by atoms with Crippen LogP contribution >= 0.6 is 0 Å². The van der Waals surface area contributed by atoms with Gasteiger partial charge in [0.15, 0.2) is 0 Å². The molecule has 7 nitrogen and oxygen atoms in total. The lowest BCUT2D eigenvalue weighted by Gasteiger charge is -2.37. The Hall–Kier alpha value is -3.84. The average molecular weight is 543 g/mol. The molecule has 1 saturated heterocycles. The third-order valence-electron chi connectivity index (χ3n) is 7.74. The van der Waals surface area contributed by atoms with E-state index in [-0.39, 0.29) is 12.0 Å². The second-order valence-electron chi connectivity index (χ2n) is 11.5. The number of likely N-dealkylation sites (tertiary alicyclic amines) is 1. The molecule has 2 heterocycles. The van der Waals surface area contributed by atoms with Crippen molar-refractivity contribution in [2.45, 2.75) is 65.1 Å². The van der Waals surface area contributed by atoms with Crippen LogP contribution in [0.3, 0.4) is 0 Å². The van der Waals surface area contributed by atoms with Crippen molar-refractivity contribution >= 4 is 33.7 Å². The number of fused-ring (bicyclic) bond motifs is 2. The van der Waals surface area contributed by atoms with Crippen molar-refractivity contribution in [1.29, 1.82) is 0 Å². The van der Waals surface area contributed by atoms with E-state index < -0.39 is 11.7 Å². The van der Waals surface area contributed by atoms with Crippen molar-refractivity contribution < 1.29 is 23.8 Å². The van der Waals surface area contributed by atoms with Crippen LogP contribution in [-0.4, -0.2) is 47.9 Å². The van der Waals surface area contributed by atoms with Gasteiger partial charge in [-0.1, -0.05) is 36.8 Å². The summed E-state index contributed by atoms with van der Waals surface area (Å²) in [4.78, 5) is 28.1. The minimum Gasteiger partial charge on any atom is -0.496 e. The van der Waals surface area contributed by atoms with E-state index in [1.807, 2.05) is 64.1 Å². The van der Waals surface area contributed by atoms with Gasteiger partial charge in [-0.2, -0.15) is 0 Å². The van der Waals surface area contributed by atoms with E-state index in [0.29, 0.717) is 12.1 Å². The SMILES string of the molecule is COC(=O)c1ccc(C2CCCCN2Cc2c(OC)cc(C)c3c2ccn3C(=O)OC(C)(C)C)c2ccccc12. The monoisotopic (exact) mass is 542 g/mol. The number of ether oxygens (including phenoxy) is 3. The highest BCUT2D eigenvalue weighted by atomic mass is 16.6. The molecule has 1 unspecified atom stereocenters. The number of piperidine rings is 1. The quantitative estimate of drug-likeness (QED) is 0.245. The Morgan fingerprint density at radius 1 is 0.975 bits per heavy atom. The predicted molar refractivity (Wildman–Crippen MR) is 157 cm³/mol. The number of esters is 1. The minimum atomic E-state index is -0.593. The van der Waals surface area contributed by atoms with Crippen LogP contribution in [-0.2, 0) is 16.0 Å². The molecule has 4 aromatic rings. The van der Waals surface area contributed by atoms with E-state index in [2.05, 4.69) is 17.0 Å². The average Bonchev–Trinajstić information content (AvgIpc) is 3.39. The summed E-state index contributed by atoms with van der Waals surface area (Å²) in [5, 5.41) is 2.96. The highest BCUT2D eigenvalue weighted by molar-refractivity contribution is 6.05. The van der Waals surface area contributed by atoms with Gasteiger partial charge in [-0.05, 0) is 87.2 Å². The molecule has 40 heavy (non-hydrogen) atoms. The number of nitrogens with zero attached hydrogens (tertiary/aromatic N) is 2. The van der Waals surface area contributed by atoms with Gasteiger partial charge < -0.3 is 14.2 Å². The molecule has 0 radical (unpaired) electrons. The topological polar surface area (TPSA) is 70.0 Å². The molecule has 0 N–H and O–H groups in total. The molecule has 5 rings (SSSR count). The van der Waals surface area contributed by atoms with Crippen LogP contribution in [0.25, 0.3) is 21.7 Å². The lowest BCUT2D eigenvalue weighted by molar-refractivity contribution is 0.0542. The Balaban J connectivity index is 1.58. The van der Waals surface area contributed by atoms with Crippen molar-refractivity contribution in [1.82, 2.24) is 9.47 Å². The highest BCUT2D eigenvalue weighted by Gasteiger charge is 2.29. The second kappa shape index (κ2) is 11.0. The van der Waals surface area contributed by atoms with Gasteiger partial charge in [0.2, 0.25) is 0 Å². The van der Waals surface area contributed by atoms with E-state index in [1.165, 1.54) is 12.7 Å². The summed E-state index contributed by atoms with van der Waals surface area (Å²) in [5.74, 6) is 0.478. The Morgan fingerprint density at radius 3 is 2.42 bits per heavy atom. The summed E-state index contributed by atoms with van der Waals surface area (Å²) < 4.78 is 18.2. The summed E-state index contributed by atoms with van der Waals surface area (Å²) in [6, 6.07) is 16.2. The van der Waals surface area contributed by atoms with Crippen LogP contribution < -0.4 is 4.74 Å². The van der Waals surface area contributed by atoms with Crippen molar-refractivity contribution in [2.75, 3.05) is 20.8 Å². The van der Waals surface area contributed by atoms with Crippen LogP contribution in [0, 0.1) is 6.92 Å². The van der Waals surface area contributed by atoms with E-state index >= 15 is 0 Å². The fraction of sp³-hybridized carbons (Fsp3) is 0.394. The molecule has 1 aliphatic rings. The minimum absolute atomic E-state index is 0.166. The zero-order valence-electron chi connectivity index (χ0n) is 24.2. The number of hydrogen-bond donors (Lipinski definition) is 0. The molecule has 0 aliphatic carbocycles. The van der Waals surface area contributed by atoms with Gasteiger partial charge in [0.25, 0.3) is 0 Å². The third-order valence-corrected chi connectivity index (χ3v) is 7.74. The Labute approximate surface area is 235 Å². The fourth-order valence-corrected chi connectivity index (χ4v) is 6.01. The third kappa shape index (κ3) is 5.18. The first-order valence-corrected chi connectivity index (χ1v) is 13.9. The zero-order chi connectivity index (χ0) is 28.6. The van der Waals surface area contributed by atoms with Gasteiger partial charge in [-0.3, -0.25) is 9.47 Å². The number of benzene rings is 3. The van der Waals surface area contributed by atoms with E-state index in [0.717, 1.165) is 64.4 Å². The standard InChI is InChI=1S/C33H38N2O5/c1-21-19-29(38-5)27(25-16-18-35(30(21)25)32(37)40-33(2,3)4)20-34-17-10-9-13-28(34)24-14-15-26(31(36)39-6)23-12-8-7-11-22(23)24/h7-8,11-12,14-16,18-19,28H,9-10,13,17,20H2,1-6H3. The molecule has 1 atom stereocenters. The van der Waals surface area contributed by atoms with E-state index in [9.17, 15) is 9.59 Å². The summed E-state index contributed by atoms with van der Waals surface area (Å²) in [6.45, 7) is 9.20. The van der Waals surface area contributed by atoms with Gasteiger partial charge in [0.1, 0.15) is 11.4 Å². The molecule has 0 spiro atoms. The number of aromatic nitrogens is 1. The van der Waals surface area contributed by atoms with Crippen LogP contribution in [0.4, 0.5) is 4.79 Å². The van der Waals surface area contributed by atoms with Crippen LogP contribution in [0.2, 0.25) is 0 Å². The molecule has 0 saturated carbocycles. The molecule has 210 valence electrons. The molecule has 0 bridgehead atoms. The first kappa shape index (κ1) is 27.7. The lowest BCUT2D eigenvalue weighted by atomic mass is 9.89. The van der Waals surface area contributed by atoms with Gasteiger partial charge >= 0.3 is 12.1 Å². The Bertz CT molecular complexity index is 1580. The van der Waals surface area contributed by atoms with Gasteiger partial charge in [-0.15, -0.1) is 0 Å². The summed E-state index contributed by atoms with van der Waals surface area (Å²) in [5.41, 5.74) is 4.03. The number of rotatable bonds is 5. The first-order chi connectivity index (χ1) is 19.1. The highest BCUT2D eigenvalue weighted by Crippen LogP contribution is 2.40. The maximum atomic E-state index is 13.1. The number of carbonyl (C=O) groups excluding carboxylic acids is 2. The van der Waals surface area contributed by atoms with Gasteiger partial charge in [-0.25, -0.2) is 9.59 Å². The second-order valence-corrected chi connectivity index (χ2v) is 11.5. The van der Waals surface area contributed by atoms with Gasteiger partial charge in [0.05, 0.1) is 25.3 Å². The largest absolute Gasteiger partial charge is 0.496 e. The Kier molecular flexibility index (Phi) is 7.60. The normalized spacial score (nSPS) is 16.3. The molecule has 1 aliphatic heterocycles. The zero-order valence-corrected chi connectivity index (χ0v) is 24.2. The summed E-state index contributed by atoms with van der Waals surface area (Å²) >= 11 is 0. The van der Waals surface area contributed by atoms with Crippen molar-refractivity contribution in [3.63, 3.8) is 0 Å². The molecule has 1 fully saturated rings. The first-order valence-electron chi connectivity index (χ1n) is 13.9. The van der Waals surface area contributed by atoms with Crippen LogP contribution in [0.15, 0.2) is 54.7 Å². The summed E-state index contributed by atoms with van der Waals surface area (Å²) in [7, 11) is 3.11. The van der Waals surface area contributed by atoms with Gasteiger partial charge in [0, 0.05) is 29.7 Å². The van der Waals surface area contributed by atoms with E-state index in [4.69, 9.17) is 14.2 Å². The van der Waals surface area contributed by atoms with Crippen molar-refractivity contribution in [3.8, 4) is 5.75 Å². The smallest absolute Gasteiger partial charge is 0.419 e. The Morgan fingerprint density at radius 2 is 1.73 bits per heavy atom. The van der Waals surface area contributed by atoms with Crippen LogP contribution in [0.5, 0.6) is 5.75 Å². The van der Waals surface area contributed by atoms with Crippen molar-refractivity contribution in [3.05, 3.63) is 77.0 Å². The number of hydrogen-bond acceptors (Lipinski definition) is 6. The number of carbonyl (C=O) groups is 2. The van der Waals surface area contributed by atoms with Crippen molar-refractivity contribution in [2.24, 2.45) is 0 Å². The number of aryl methyl sites for hydroxylation is 1. The van der Waals surface area contributed by atoms with E-state index in [1.54, 1.807) is 17.9 Å². The lowest BCUT2D eigenvalue weighted by Crippen LogP contribution is -2.33. The molecule has 7 heteroatoms. The van der Waals surface area contributed by atoms with Crippen LogP contribution in [0.1, 0.15) is 73.1 Å². The molecule has 3 aromatic carbocycles. The molecular weight excluding hydrogens is 504 g/mol.